The van der Waals surface area contributed by atoms with Crippen LogP contribution in [0.4, 0.5) is 0 Å². The van der Waals surface area contributed by atoms with Crippen LogP contribution < -0.4 is 5.32 Å². The molecule has 8 heteroatoms. The van der Waals surface area contributed by atoms with Crippen LogP contribution in [0.3, 0.4) is 0 Å². The van der Waals surface area contributed by atoms with Gasteiger partial charge in [0.2, 0.25) is 6.10 Å². The highest BCUT2D eigenvalue weighted by molar-refractivity contribution is 7.09. The van der Waals surface area contributed by atoms with E-state index in [-0.39, 0.29) is 12.1 Å². The van der Waals surface area contributed by atoms with E-state index in [1.807, 2.05) is 19.2 Å². The van der Waals surface area contributed by atoms with Crippen molar-refractivity contribution in [2.24, 2.45) is 5.16 Å². The fourth-order valence-electron chi connectivity index (χ4n) is 1.62. The van der Waals surface area contributed by atoms with E-state index in [1.165, 1.54) is 11.3 Å². The average molecular weight is 283 g/mol. The fraction of sp³-hybridized carbons (Fsp3) is 0.455. The van der Waals surface area contributed by atoms with Gasteiger partial charge < -0.3 is 15.3 Å². The Hall–Kier alpha value is -1.96. The van der Waals surface area contributed by atoms with Crippen LogP contribution in [0.2, 0.25) is 0 Å². The summed E-state index contributed by atoms with van der Waals surface area (Å²) >= 11 is 1.43. The van der Waals surface area contributed by atoms with E-state index < -0.39 is 23.5 Å². The van der Waals surface area contributed by atoms with Gasteiger partial charge in [-0.2, -0.15) is 0 Å². The minimum Gasteiger partial charge on any atom is -0.477 e. The van der Waals surface area contributed by atoms with Crippen LogP contribution in [0.15, 0.2) is 16.7 Å². The highest BCUT2D eigenvalue weighted by atomic mass is 32.1. The van der Waals surface area contributed by atoms with Gasteiger partial charge in [0.25, 0.3) is 5.91 Å². The first kappa shape index (κ1) is 13.5. The SMILES string of the molecule is CC(C)(NC(=O)C1CC(C(=O)O)=NO1)c1nccs1. The molecule has 1 unspecified atom stereocenters. The van der Waals surface area contributed by atoms with E-state index in [0.717, 1.165) is 5.01 Å². The lowest BCUT2D eigenvalue weighted by Crippen LogP contribution is -2.46. The summed E-state index contributed by atoms with van der Waals surface area (Å²) < 4.78 is 0. The monoisotopic (exact) mass is 283 g/mol. The van der Waals surface area contributed by atoms with E-state index in [4.69, 9.17) is 9.94 Å². The van der Waals surface area contributed by atoms with Gasteiger partial charge in [0, 0.05) is 18.0 Å². The van der Waals surface area contributed by atoms with Crippen molar-refractivity contribution in [3.05, 3.63) is 16.6 Å². The van der Waals surface area contributed by atoms with E-state index in [2.05, 4.69) is 15.5 Å². The number of amides is 1. The zero-order chi connectivity index (χ0) is 14.0. The molecule has 1 aromatic heterocycles. The molecular formula is C11H13N3O4S. The number of nitrogens with zero attached hydrogens (tertiary/aromatic N) is 2. The van der Waals surface area contributed by atoms with Crippen LogP contribution in [0.1, 0.15) is 25.3 Å². The highest BCUT2D eigenvalue weighted by Gasteiger charge is 2.35. The summed E-state index contributed by atoms with van der Waals surface area (Å²) in [5.74, 6) is -1.57. The number of aromatic nitrogens is 1. The lowest BCUT2D eigenvalue weighted by molar-refractivity contribution is -0.133. The quantitative estimate of drug-likeness (QED) is 0.848. The van der Waals surface area contributed by atoms with Crippen LogP contribution in [0.5, 0.6) is 0 Å². The van der Waals surface area contributed by atoms with Crippen LogP contribution in [-0.4, -0.2) is 33.8 Å². The molecule has 0 spiro atoms. The fourth-order valence-corrected chi connectivity index (χ4v) is 2.34. The first-order valence-electron chi connectivity index (χ1n) is 5.58. The highest BCUT2D eigenvalue weighted by Crippen LogP contribution is 2.23. The zero-order valence-corrected chi connectivity index (χ0v) is 11.2. The lowest BCUT2D eigenvalue weighted by Gasteiger charge is -2.24. The maximum Gasteiger partial charge on any atom is 0.353 e. The smallest absolute Gasteiger partial charge is 0.353 e. The summed E-state index contributed by atoms with van der Waals surface area (Å²) in [5.41, 5.74) is -0.784. The summed E-state index contributed by atoms with van der Waals surface area (Å²) in [6.45, 7) is 3.63. The van der Waals surface area contributed by atoms with E-state index in [1.54, 1.807) is 6.20 Å². The third kappa shape index (κ3) is 2.90. The van der Waals surface area contributed by atoms with Crippen LogP contribution >= 0.6 is 11.3 Å². The summed E-state index contributed by atoms with van der Waals surface area (Å²) in [5, 5.41) is 17.5. The number of aliphatic carboxylic acids is 1. The van der Waals surface area contributed by atoms with Crippen molar-refractivity contribution < 1.29 is 19.5 Å². The topological polar surface area (TPSA) is 101 Å². The Labute approximate surface area is 113 Å². The van der Waals surface area contributed by atoms with Gasteiger partial charge in [-0.3, -0.25) is 4.79 Å². The normalized spacial score (nSPS) is 18.6. The number of carbonyl (C=O) groups is 2. The van der Waals surface area contributed by atoms with Gasteiger partial charge in [0.05, 0.1) is 5.54 Å². The molecule has 0 radical (unpaired) electrons. The number of hydrogen-bond donors (Lipinski definition) is 2. The molecule has 7 nitrogen and oxygen atoms in total. The van der Waals surface area contributed by atoms with Gasteiger partial charge in [-0.15, -0.1) is 11.3 Å². The molecule has 1 amide bonds. The van der Waals surface area contributed by atoms with Crippen LogP contribution in [-0.2, 0) is 20.0 Å². The van der Waals surface area contributed by atoms with Gasteiger partial charge in [0.1, 0.15) is 5.01 Å². The number of carboxylic acids is 1. The largest absolute Gasteiger partial charge is 0.477 e. The second-order valence-electron chi connectivity index (χ2n) is 4.59. The van der Waals surface area contributed by atoms with E-state index in [9.17, 15) is 9.59 Å². The summed E-state index contributed by atoms with van der Waals surface area (Å²) in [6.07, 6.45) is 0.728. The zero-order valence-electron chi connectivity index (χ0n) is 10.4. The molecule has 2 heterocycles. The second kappa shape index (κ2) is 4.96. The van der Waals surface area contributed by atoms with Crippen molar-refractivity contribution >= 4 is 28.9 Å². The molecule has 0 bridgehead atoms. The Kier molecular flexibility index (Phi) is 3.52. The van der Waals surface area contributed by atoms with Crippen molar-refractivity contribution in [2.45, 2.75) is 31.9 Å². The van der Waals surface area contributed by atoms with Crippen molar-refractivity contribution in [1.82, 2.24) is 10.3 Å². The Bertz CT molecular complexity index is 524. The van der Waals surface area contributed by atoms with E-state index in [0.29, 0.717) is 0 Å². The Morgan fingerprint density at radius 3 is 2.84 bits per heavy atom. The number of carbonyl (C=O) groups excluding carboxylic acids is 1. The molecule has 1 aliphatic heterocycles. The molecule has 0 aliphatic carbocycles. The van der Waals surface area contributed by atoms with Gasteiger partial charge in [-0.05, 0) is 13.8 Å². The minimum absolute atomic E-state index is 0.0326. The number of oxime groups is 1. The van der Waals surface area contributed by atoms with Gasteiger partial charge >= 0.3 is 5.97 Å². The molecule has 1 aliphatic rings. The van der Waals surface area contributed by atoms with Gasteiger partial charge in [-0.1, -0.05) is 5.16 Å². The molecule has 2 rings (SSSR count). The molecular weight excluding hydrogens is 270 g/mol. The predicted octanol–water partition coefficient (Wildman–Crippen LogP) is 0.724. The first-order chi connectivity index (χ1) is 8.90. The number of carboxylic acid groups (broad SMARTS) is 1. The maximum atomic E-state index is 12.0. The van der Waals surface area contributed by atoms with Crippen molar-refractivity contribution in [2.75, 3.05) is 0 Å². The van der Waals surface area contributed by atoms with E-state index >= 15 is 0 Å². The number of nitrogens with one attached hydrogen (secondary N) is 1. The standard InChI is InChI=1S/C11H13N3O4S/c1-11(2,10-12-3-4-19-10)13-8(15)7-5-6(9(16)17)14-18-7/h3-4,7H,5H2,1-2H3,(H,13,15)(H,16,17). The van der Waals surface area contributed by atoms with Crippen molar-refractivity contribution in [3.8, 4) is 0 Å². The average Bonchev–Trinajstić information content (AvgIpc) is 3.00. The first-order valence-corrected chi connectivity index (χ1v) is 6.46. The molecule has 0 saturated carbocycles. The summed E-state index contributed by atoms with van der Waals surface area (Å²) in [7, 11) is 0. The Morgan fingerprint density at radius 2 is 2.32 bits per heavy atom. The van der Waals surface area contributed by atoms with Crippen molar-refractivity contribution in [1.29, 1.82) is 0 Å². The second-order valence-corrected chi connectivity index (χ2v) is 5.49. The third-order valence-corrected chi connectivity index (χ3v) is 3.71. The van der Waals surface area contributed by atoms with Crippen LogP contribution in [0.25, 0.3) is 0 Å². The molecule has 19 heavy (non-hydrogen) atoms. The van der Waals surface area contributed by atoms with Crippen LogP contribution in [0, 0.1) is 0 Å². The molecule has 1 aromatic rings. The number of rotatable bonds is 4. The molecule has 2 N–H and O–H groups in total. The summed E-state index contributed by atoms with van der Waals surface area (Å²) in [6, 6.07) is 0. The van der Waals surface area contributed by atoms with Crippen molar-refractivity contribution in [3.63, 3.8) is 0 Å². The molecule has 1 atom stereocenters. The molecule has 0 aromatic carbocycles. The maximum absolute atomic E-state index is 12.0. The Balaban J connectivity index is 1.98. The number of thiazole rings is 1. The number of hydrogen-bond acceptors (Lipinski definition) is 6. The minimum atomic E-state index is -1.17. The predicted molar refractivity (Wildman–Crippen MR) is 67.8 cm³/mol. The third-order valence-electron chi connectivity index (χ3n) is 2.61. The lowest BCUT2D eigenvalue weighted by atomic mass is 10.1. The van der Waals surface area contributed by atoms with Gasteiger partial charge in [-0.25, -0.2) is 9.78 Å². The van der Waals surface area contributed by atoms with Gasteiger partial charge in [0.15, 0.2) is 5.71 Å². The molecule has 0 fully saturated rings. The Morgan fingerprint density at radius 1 is 1.58 bits per heavy atom. The summed E-state index contributed by atoms with van der Waals surface area (Å²) in [4.78, 5) is 31.7. The molecule has 102 valence electrons. The molecule has 0 saturated heterocycles.